The van der Waals surface area contributed by atoms with Gasteiger partial charge in [-0.2, -0.15) is 0 Å². The quantitative estimate of drug-likeness (QED) is 0.763. The minimum Gasteiger partial charge on any atom is -0.481 e. The second-order valence-corrected chi connectivity index (χ2v) is 7.95. The molecule has 2 heterocycles. The SMILES string of the molecule is CNCCN1C(=O)COc2cc(Nc3ccc(N4CC(C)OC(C)C4)cc3)ccc21. The molecule has 7 nitrogen and oxygen atoms in total. The van der Waals surface area contributed by atoms with Gasteiger partial charge in [-0.25, -0.2) is 0 Å². The zero-order valence-corrected chi connectivity index (χ0v) is 17.9. The van der Waals surface area contributed by atoms with Crippen molar-refractivity contribution in [1.82, 2.24) is 5.32 Å². The Labute approximate surface area is 177 Å². The highest BCUT2D eigenvalue weighted by molar-refractivity contribution is 5.98. The van der Waals surface area contributed by atoms with Crippen LogP contribution in [0.4, 0.5) is 22.7 Å². The summed E-state index contributed by atoms with van der Waals surface area (Å²) in [5.74, 6) is 0.712. The molecule has 0 saturated carbocycles. The van der Waals surface area contributed by atoms with Crippen LogP contribution in [-0.2, 0) is 9.53 Å². The summed E-state index contributed by atoms with van der Waals surface area (Å²) in [5.41, 5.74) is 3.96. The van der Waals surface area contributed by atoms with Crippen LogP contribution < -0.4 is 25.2 Å². The van der Waals surface area contributed by atoms with Gasteiger partial charge in [0.15, 0.2) is 6.61 Å². The molecule has 1 saturated heterocycles. The summed E-state index contributed by atoms with van der Waals surface area (Å²) in [6.45, 7) is 7.47. The van der Waals surface area contributed by atoms with Crippen LogP contribution in [0, 0.1) is 0 Å². The average Bonchev–Trinajstić information content (AvgIpc) is 2.73. The number of hydrogen-bond acceptors (Lipinski definition) is 6. The Kier molecular flexibility index (Phi) is 6.11. The summed E-state index contributed by atoms with van der Waals surface area (Å²) >= 11 is 0. The molecule has 0 spiro atoms. The fraction of sp³-hybridized carbons (Fsp3) is 0.435. The molecule has 2 aliphatic rings. The second kappa shape index (κ2) is 8.93. The van der Waals surface area contributed by atoms with E-state index in [1.54, 1.807) is 4.90 Å². The van der Waals surface area contributed by atoms with E-state index >= 15 is 0 Å². The maximum Gasteiger partial charge on any atom is 0.265 e. The van der Waals surface area contributed by atoms with Gasteiger partial charge < -0.3 is 29.9 Å². The lowest BCUT2D eigenvalue weighted by Gasteiger charge is -2.36. The highest BCUT2D eigenvalue weighted by Crippen LogP contribution is 2.35. The zero-order chi connectivity index (χ0) is 21.1. The number of fused-ring (bicyclic) bond motifs is 1. The first-order chi connectivity index (χ1) is 14.5. The number of nitrogens with one attached hydrogen (secondary N) is 2. The van der Waals surface area contributed by atoms with Gasteiger partial charge in [-0.1, -0.05) is 0 Å². The summed E-state index contributed by atoms with van der Waals surface area (Å²) in [7, 11) is 1.88. The predicted molar refractivity (Wildman–Crippen MR) is 120 cm³/mol. The van der Waals surface area contributed by atoms with Gasteiger partial charge in [-0.15, -0.1) is 0 Å². The fourth-order valence-electron chi connectivity index (χ4n) is 4.06. The van der Waals surface area contributed by atoms with E-state index in [-0.39, 0.29) is 24.7 Å². The first-order valence-corrected chi connectivity index (χ1v) is 10.5. The Morgan fingerprint density at radius 3 is 2.43 bits per heavy atom. The topological polar surface area (TPSA) is 66.1 Å². The highest BCUT2D eigenvalue weighted by Gasteiger charge is 2.25. The predicted octanol–water partition coefficient (Wildman–Crippen LogP) is 2.99. The normalized spacial score (nSPS) is 21.2. The number of anilines is 4. The number of hydrogen-bond donors (Lipinski definition) is 2. The van der Waals surface area contributed by atoms with E-state index in [9.17, 15) is 4.79 Å². The number of rotatable bonds is 6. The molecule has 4 rings (SSSR count). The third kappa shape index (κ3) is 4.52. The molecule has 7 heteroatoms. The lowest BCUT2D eigenvalue weighted by atomic mass is 10.1. The van der Waals surface area contributed by atoms with Gasteiger partial charge >= 0.3 is 0 Å². The number of amides is 1. The molecule has 160 valence electrons. The highest BCUT2D eigenvalue weighted by atomic mass is 16.5. The van der Waals surface area contributed by atoms with Gasteiger partial charge in [0.1, 0.15) is 5.75 Å². The molecule has 2 atom stereocenters. The maximum atomic E-state index is 12.2. The van der Waals surface area contributed by atoms with E-state index in [4.69, 9.17) is 9.47 Å². The zero-order valence-electron chi connectivity index (χ0n) is 17.9. The fourth-order valence-corrected chi connectivity index (χ4v) is 4.06. The van der Waals surface area contributed by atoms with Gasteiger partial charge in [-0.3, -0.25) is 4.79 Å². The third-order valence-electron chi connectivity index (χ3n) is 5.43. The van der Waals surface area contributed by atoms with E-state index in [0.717, 1.165) is 42.4 Å². The molecular weight excluding hydrogens is 380 g/mol. The second-order valence-electron chi connectivity index (χ2n) is 7.95. The van der Waals surface area contributed by atoms with Gasteiger partial charge in [0.05, 0.1) is 17.9 Å². The molecule has 2 unspecified atom stereocenters. The number of nitrogens with zero attached hydrogens (tertiary/aromatic N) is 2. The Morgan fingerprint density at radius 2 is 1.73 bits per heavy atom. The van der Waals surface area contributed by atoms with Crippen LogP contribution >= 0.6 is 0 Å². The number of benzene rings is 2. The van der Waals surface area contributed by atoms with Crippen molar-refractivity contribution in [3.63, 3.8) is 0 Å². The van der Waals surface area contributed by atoms with Crippen molar-refractivity contribution >= 4 is 28.7 Å². The molecule has 1 amide bonds. The van der Waals surface area contributed by atoms with Gasteiger partial charge in [0, 0.05) is 49.3 Å². The molecule has 2 N–H and O–H groups in total. The number of morpholine rings is 1. The van der Waals surface area contributed by atoms with Gasteiger partial charge in [-0.05, 0) is 57.3 Å². The standard InChI is InChI=1S/C23H30N4O3/c1-16-13-26(14-17(2)30-16)20-7-4-18(5-8-20)25-19-6-9-21-22(12-19)29-15-23(28)27(21)11-10-24-3/h4-9,12,16-17,24-25H,10-11,13-15H2,1-3H3. The number of ether oxygens (including phenoxy) is 2. The molecule has 30 heavy (non-hydrogen) atoms. The van der Waals surface area contributed by atoms with Gasteiger partial charge in [0.25, 0.3) is 5.91 Å². The van der Waals surface area contributed by atoms with E-state index < -0.39 is 0 Å². The van der Waals surface area contributed by atoms with Crippen molar-refractivity contribution in [2.24, 2.45) is 0 Å². The average molecular weight is 411 g/mol. The Hall–Kier alpha value is -2.77. The van der Waals surface area contributed by atoms with Crippen LogP contribution in [-0.4, -0.2) is 57.9 Å². The van der Waals surface area contributed by atoms with Crippen LogP contribution in [0.5, 0.6) is 5.75 Å². The molecular formula is C23H30N4O3. The van der Waals surface area contributed by atoms with Gasteiger partial charge in [0.2, 0.25) is 0 Å². The summed E-state index contributed by atoms with van der Waals surface area (Å²) < 4.78 is 11.5. The maximum absolute atomic E-state index is 12.2. The number of carbonyl (C=O) groups excluding carboxylic acids is 1. The summed E-state index contributed by atoms with van der Waals surface area (Å²) in [6, 6.07) is 14.3. The molecule has 2 aromatic carbocycles. The molecule has 2 aromatic rings. The molecule has 0 bridgehead atoms. The van der Waals surface area contributed by atoms with E-state index in [1.807, 2.05) is 25.2 Å². The minimum absolute atomic E-state index is 0.0132. The molecule has 1 fully saturated rings. The molecule has 0 aromatic heterocycles. The van der Waals surface area contributed by atoms with Crippen molar-refractivity contribution in [3.05, 3.63) is 42.5 Å². The molecule has 0 aliphatic carbocycles. The van der Waals surface area contributed by atoms with Crippen molar-refractivity contribution in [3.8, 4) is 5.75 Å². The molecule has 2 aliphatic heterocycles. The Bertz CT molecular complexity index is 877. The lowest BCUT2D eigenvalue weighted by molar-refractivity contribution is -0.121. The third-order valence-corrected chi connectivity index (χ3v) is 5.43. The first kappa shape index (κ1) is 20.5. The van der Waals surface area contributed by atoms with Crippen LogP contribution in [0.3, 0.4) is 0 Å². The Balaban J connectivity index is 1.45. The minimum atomic E-state index is -0.0132. The molecule has 0 radical (unpaired) electrons. The summed E-state index contributed by atoms with van der Waals surface area (Å²) in [4.78, 5) is 16.3. The smallest absolute Gasteiger partial charge is 0.265 e. The summed E-state index contributed by atoms with van der Waals surface area (Å²) in [6.07, 6.45) is 0.475. The van der Waals surface area contributed by atoms with Crippen LogP contribution in [0.2, 0.25) is 0 Å². The van der Waals surface area contributed by atoms with E-state index in [0.29, 0.717) is 6.54 Å². The van der Waals surface area contributed by atoms with E-state index in [2.05, 4.69) is 53.6 Å². The van der Waals surface area contributed by atoms with Crippen LogP contribution in [0.25, 0.3) is 0 Å². The van der Waals surface area contributed by atoms with E-state index in [1.165, 1.54) is 5.69 Å². The largest absolute Gasteiger partial charge is 0.481 e. The first-order valence-electron chi connectivity index (χ1n) is 10.5. The van der Waals surface area contributed by atoms with Crippen LogP contribution in [0.1, 0.15) is 13.8 Å². The number of likely N-dealkylation sites (N-methyl/N-ethyl adjacent to an activating group) is 1. The van der Waals surface area contributed by atoms with Crippen molar-refractivity contribution in [2.45, 2.75) is 26.1 Å². The summed E-state index contributed by atoms with van der Waals surface area (Å²) in [5, 5.41) is 6.52. The van der Waals surface area contributed by atoms with Crippen molar-refractivity contribution in [2.75, 3.05) is 55.0 Å². The van der Waals surface area contributed by atoms with Crippen molar-refractivity contribution in [1.29, 1.82) is 0 Å². The monoisotopic (exact) mass is 410 g/mol. The number of carbonyl (C=O) groups is 1. The Morgan fingerprint density at radius 1 is 1.03 bits per heavy atom. The van der Waals surface area contributed by atoms with Crippen molar-refractivity contribution < 1.29 is 14.3 Å². The lowest BCUT2D eigenvalue weighted by Crippen LogP contribution is -2.45. The van der Waals surface area contributed by atoms with Crippen LogP contribution in [0.15, 0.2) is 42.5 Å².